The standard InChI is InChI=1S/C16H14F2N2O2/c17-16(18,22-14-7-4-8-19-10-14)15-20-13(11-21-15)9-12-5-2-1-3-6-12/h1-8,10,13H,9,11H2/t13-/m0/s1. The van der Waals surface area contributed by atoms with Crippen molar-refractivity contribution in [1.82, 2.24) is 4.98 Å². The smallest absolute Gasteiger partial charge is 0.472 e. The number of aliphatic imine (C=N–C) groups is 1. The second kappa shape index (κ2) is 6.09. The maximum Gasteiger partial charge on any atom is 0.479 e. The van der Waals surface area contributed by atoms with Gasteiger partial charge < -0.3 is 9.47 Å². The van der Waals surface area contributed by atoms with Crippen LogP contribution in [0.4, 0.5) is 8.78 Å². The Labute approximate surface area is 126 Å². The molecule has 0 amide bonds. The molecule has 0 spiro atoms. The Balaban J connectivity index is 1.68. The normalized spacial score (nSPS) is 17.7. The van der Waals surface area contributed by atoms with Gasteiger partial charge in [0.2, 0.25) is 0 Å². The predicted molar refractivity (Wildman–Crippen MR) is 77.1 cm³/mol. The molecule has 22 heavy (non-hydrogen) atoms. The number of benzene rings is 1. The Bertz CT molecular complexity index is 648. The van der Waals surface area contributed by atoms with E-state index in [1.165, 1.54) is 24.5 Å². The lowest BCUT2D eigenvalue weighted by Gasteiger charge is -2.16. The van der Waals surface area contributed by atoms with Gasteiger partial charge in [0.1, 0.15) is 12.4 Å². The van der Waals surface area contributed by atoms with Gasteiger partial charge in [-0.15, -0.1) is 0 Å². The Kier molecular flexibility index (Phi) is 4.00. The highest BCUT2D eigenvalue weighted by Crippen LogP contribution is 2.26. The summed E-state index contributed by atoms with van der Waals surface area (Å²) >= 11 is 0. The molecule has 114 valence electrons. The third-order valence-corrected chi connectivity index (χ3v) is 3.16. The van der Waals surface area contributed by atoms with Gasteiger partial charge in [-0.2, -0.15) is 8.78 Å². The van der Waals surface area contributed by atoms with E-state index >= 15 is 0 Å². The van der Waals surface area contributed by atoms with Crippen molar-refractivity contribution in [2.45, 2.75) is 18.6 Å². The van der Waals surface area contributed by atoms with Gasteiger partial charge in [-0.3, -0.25) is 4.98 Å². The molecule has 0 N–H and O–H groups in total. The summed E-state index contributed by atoms with van der Waals surface area (Å²) in [5, 5.41) is 0. The summed E-state index contributed by atoms with van der Waals surface area (Å²) in [5.41, 5.74) is 1.03. The third-order valence-electron chi connectivity index (χ3n) is 3.16. The van der Waals surface area contributed by atoms with Crippen LogP contribution in [0.25, 0.3) is 0 Å². The van der Waals surface area contributed by atoms with E-state index in [0.29, 0.717) is 6.42 Å². The van der Waals surface area contributed by atoms with Crippen molar-refractivity contribution in [3.05, 3.63) is 60.4 Å². The minimum Gasteiger partial charge on any atom is -0.472 e. The van der Waals surface area contributed by atoms with Gasteiger partial charge in [0, 0.05) is 6.20 Å². The summed E-state index contributed by atoms with van der Waals surface area (Å²) in [5.74, 6) is -0.720. The number of alkyl halides is 2. The van der Waals surface area contributed by atoms with Crippen LogP contribution >= 0.6 is 0 Å². The van der Waals surface area contributed by atoms with Crippen molar-refractivity contribution in [3.8, 4) is 5.75 Å². The predicted octanol–water partition coefficient (Wildman–Crippen LogP) is 3.09. The largest absolute Gasteiger partial charge is 0.479 e. The van der Waals surface area contributed by atoms with E-state index in [4.69, 9.17) is 4.74 Å². The molecule has 4 nitrogen and oxygen atoms in total. The van der Waals surface area contributed by atoms with Crippen LogP contribution in [0.1, 0.15) is 5.56 Å². The first kappa shape index (κ1) is 14.4. The highest BCUT2D eigenvalue weighted by atomic mass is 19.3. The Morgan fingerprint density at radius 1 is 1.18 bits per heavy atom. The van der Waals surface area contributed by atoms with Gasteiger partial charge in [-0.25, -0.2) is 4.99 Å². The average Bonchev–Trinajstić information content (AvgIpc) is 2.98. The van der Waals surface area contributed by atoms with Crippen molar-refractivity contribution in [2.75, 3.05) is 6.61 Å². The van der Waals surface area contributed by atoms with E-state index in [1.807, 2.05) is 30.3 Å². The zero-order valence-corrected chi connectivity index (χ0v) is 11.7. The minimum atomic E-state index is -3.60. The summed E-state index contributed by atoms with van der Waals surface area (Å²) < 4.78 is 37.7. The summed E-state index contributed by atoms with van der Waals surface area (Å²) in [7, 11) is 0. The average molecular weight is 304 g/mol. The van der Waals surface area contributed by atoms with Crippen LogP contribution in [0.2, 0.25) is 0 Å². The SMILES string of the molecule is FC(F)(Oc1cccnc1)C1=N[C@@H](Cc2ccccc2)CO1. The van der Waals surface area contributed by atoms with Gasteiger partial charge in [0.25, 0.3) is 0 Å². The van der Waals surface area contributed by atoms with Crippen molar-refractivity contribution in [1.29, 1.82) is 0 Å². The Morgan fingerprint density at radius 2 is 2.00 bits per heavy atom. The number of hydrogen-bond donors (Lipinski definition) is 0. The topological polar surface area (TPSA) is 43.7 Å². The molecular weight excluding hydrogens is 290 g/mol. The molecule has 0 saturated heterocycles. The monoisotopic (exact) mass is 304 g/mol. The number of halogens is 2. The molecule has 1 aliphatic heterocycles. The summed E-state index contributed by atoms with van der Waals surface area (Å²) in [4.78, 5) is 7.68. The fraction of sp³-hybridized carbons (Fsp3) is 0.250. The molecule has 0 saturated carbocycles. The van der Waals surface area contributed by atoms with E-state index in [-0.39, 0.29) is 18.4 Å². The fourth-order valence-electron chi connectivity index (χ4n) is 2.16. The molecule has 0 aliphatic carbocycles. The molecule has 2 heterocycles. The lowest BCUT2D eigenvalue weighted by atomic mass is 10.1. The quantitative estimate of drug-likeness (QED) is 0.852. The van der Waals surface area contributed by atoms with Crippen molar-refractivity contribution in [3.63, 3.8) is 0 Å². The second-order valence-electron chi connectivity index (χ2n) is 4.90. The zero-order chi connectivity index (χ0) is 15.4. The molecule has 0 unspecified atom stereocenters. The summed E-state index contributed by atoms with van der Waals surface area (Å²) in [6.45, 7) is 0.121. The number of aromatic nitrogens is 1. The van der Waals surface area contributed by atoms with Gasteiger partial charge >= 0.3 is 12.0 Å². The third kappa shape index (κ3) is 3.39. The first-order chi connectivity index (χ1) is 10.6. The number of ether oxygens (including phenoxy) is 2. The molecule has 1 atom stereocenters. The maximum absolute atomic E-state index is 14.0. The molecule has 3 rings (SSSR count). The fourth-order valence-corrected chi connectivity index (χ4v) is 2.16. The first-order valence-corrected chi connectivity index (χ1v) is 6.85. The van der Waals surface area contributed by atoms with Crippen molar-refractivity contribution < 1.29 is 18.3 Å². The van der Waals surface area contributed by atoms with Gasteiger partial charge in [-0.1, -0.05) is 30.3 Å². The molecule has 0 radical (unpaired) electrons. The molecule has 1 aromatic carbocycles. The second-order valence-corrected chi connectivity index (χ2v) is 4.90. The van der Waals surface area contributed by atoms with E-state index in [9.17, 15) is 8.78 Å². The number of pyridine rings is 1. The van der Waals surface area contributed by atoms with E-state index in [0.717, 1.165) is 5.56 Å². The van der Waals surface area contributed by atoms with Crippen molar-refractivity contribution >= 4 is 5.90 Å². The van der Waals surface area contributed by atoms with Crippen LogP contribution < -0.4 is 4.74 Å². The summed E-state index contributed by atoms with van der Waals surface area (Å²) in [6.07, 6.45) is -0.364. The van der Waals surface area contributed by atoms with Crippen LogP contribution in [-0.2, 0) is 11.2 Å². The molecule has 1 aliphatic rings. The van der Waals surface area contributed by atoms with Crippen LogP contribution in [0, 0.1) is 0 Å². The highest BCUT2D eigenvalue weighted by Gasteiger charge is 2.45. The maximum atomic E-state index is 14.0. The first-order valence-electron chi connectivity index (χ1n) is 6.85. The minimum absolute atomic E-state index is 0.0368. The number of rotatable bonds is 5. The summed E-state index contributed by atoms with van der Waals surface area (Å²) in [6, 6.07) is 12.1. The molecular formula is C16H14F2N2O2. The lowest BCUT2D eigenvalue weighted by Crippen LogP contribution is -2.35. The van der Waals surface area contributed by atoms with Crippen LogP contribution in [0.15, 0.2) is 59.9 Å². The highest BCUT2D eigenvalue weighted by molar-refractivity contribution is 5.83. The van der Waals surface area contributed by atoms with Gasteiger partial charge in [0.15, 0.2) is 0 Å². The van der Waals surface area contributed by atoms with Crippen molar-refractivity contribution in [2.24, 2.45) is 4.99 Å². The van der Waals surface area contributed by atoms with E-state index < -0.39 is 12.0 Å². The number of hydrogen-bond acceptors (Lipinski definition) is 4. The Morgan fingerprint density at radius 3 is 2.73 bits per heavy atom. The molecule has 0 fully saturated rings. The zero-order valence-electron chi connectivity index (χ0n) is 11.7. The Hall–Kier alpha value is -2.50. The molecule has 1 aromatic heterocycles. The molecule has 0 bridgehead atoms. The molecule has 2 aromatic rings. The van der Waals surface area contributed by atoms with Gasteiger partial charge in [0.05, 0.1) is 12.2 Å². The lowest BCUT2D eigenvalue weighted by molar-refractivity contribution is -0.125. The number of nitrogens with zero attached hydrogens (tertiary/aromatic N) is 2. The van der Waals surface area contributed by atoms with E-state index in [1.54, 1.807) is 0 Å². The van der Waals surface area contributed by atoms with Crippen LogP contribution in [0.3, 0.4) is 0 Å². The van der Waals surface area contributed by atoms with Gasteiger partial charge in [-0.05, 0) is 24.1 Å². The van der Waals surface area contributed by atoms with Crippen LogP contribution in [-0.4, -0.2) is 29.6 Å². The van der Waals surface area contributed by atoms with Crippen LogP contribution in [0.5, 0.6) is 5.75 Å². The van der Waals surface area contributed by atoms with E-state index in [2.05, 4.69) is 14.7 Å². The molecule has 6 heteroatoms.